The molecule has 1 unspecified atom stereocenters. The Morgan fingerprint density at radius 2 is 1.04 bits per heavy atom. The first-order valence-electron chi connectivity index (χ1n) is 11.2. The highest BCUT2D eigenvalue weighted by molar-refractivity contribution is 7.57. The Morgan fingerprint density at radius 1 is 0.583 bits per heavy atom. The summed E-state index contributed by atoms with van der Waals surface area (Å²) in [6.07, 6.45) is 20.6. The van der Waals surface area contributed by atoms with Crippen molar-refractivity contribution >= 4 is 7.92 Å². The lowest BCUT2D eigenvalue weighted by Crippen LogP contribution is -2.07. The van der Waals surface area contributed by atoms with Gasteiger partial charge in [-0.25, -0.2) is 0 Å². The minimum Gasteiger partial charge on any atom is -0.106 e. The van der Waals surface area contributed by atoms with Gasteiger partial charge in [0.1, 0.15) is 0 Å². The summed E-state index contributed by atoms with van der Waals surface area (Å²) in [6, 6.07) is 0. The molecule has 146 valence electrons. The molecule has 0 N–H and O–H groups in total. The predicted molar refractivity (Wildman–Crippen MR) is 117 cm³/mol. The normalized spacial score (nSPS) is 13.4. The number of hydrogen-bond donors (Lipinski definition) is 0. The molecule has 0 fully saturated rings. The minimum atomic E-state index is 0.296. The van der Waals surface area contributed by atoms with Crippen molar-refractivity contribution < 1.29 is 0 Å². The maximum atomic E-state index is 2.50. The molecule has 0 amide bonds. The van der Waals surface area contributed by atoms with Crippen LogP contribution in [0.4, 0.5) is 0 Å². The van der Waals surface area contributed by atoms with Crippen LogP contribution in [0, 0.1) is 17.8 Å². The van der Waals surface area contributed by atoms with Gasteiger partial charge in [0.25, 0.3) is 0 Å². The van der Waals surface area contributed by atoms with Crippen molar-refractivity contribution in [1.82, 2.24) is 0 Å². The predicted octanol–water partition coefficient (Wildman–Crippen LogP) is 8.73. The van der Waals surface area contributed by atoms with E-state index in [9.17, 15) is 0 Å². The lowest BCUT2D eigenvalue weighted by molar-refractivity contribution is 0.470. The van der Waals surface area contributed by atoms with Crippen LogP contribution < -0.4 is 0 Å². The van der Waals surface area contributed by atoms with Crippen molar-refractivity contribution in [2.75, 3.05) is 18.5 Å². The van der Waals surface area contributed by atoms with Crippen LogP contribution in [-0.2, 0) is 0 Å². The summed E-state index contributed by atoms with van der Waals surface area (Å²) in [5, 5.41) is 0. The molecular weight excluding hydrogens is 307 g/mol. The summed E-state index contributed by atoms with van der Waals surface area (Å²) >= 11 is 0. The van der Waals surface area contributed by atoms with E-state index in [1.165, 1.54) is 89.1 Å². The van der Waals surface area contributed by atoms with Gasteiger partial charge in [0.2, 0.25) is 0 Å². The highest BCUT2D eigenvalue weighted by Crippen LogP contribution is 2.41. The first-order chi connectivity index (χ1) is 11.5. The molecule has 1 heteroatoms. The van der Waals surface area contributed by atoms with Gasteiger partial charge >= 0.3 is 0 Å². The fourth-order valence-corrected chi connectivity index (χ4v) is 7.03. The number of rotatable bonds is 17. The molecular formula is C23H49P. The summed E-state index contributed by atoms with van der Waals surface area (Å²) in [5.41, 5.74) is 0. The quantitative estimate of drug-likeness (QED) is 0.180. The van der Waals surface area contributed by atoms with E-state index >= 15 is 0 Å². The van der Waals surface area contributed by atoms with Gasteiger partial charge < -0.3 is 0 Å². The van der Waals surface area contributed by atoms with Gasteiger partial charge in [-0.2, -0.15) is 0 Å². The van der Waals surface area contributed by atoms with Crippen LogP contribution in [0.3, 0.4) is 0 Å². The summed E-state index contributed by atoms with van der Waals surface area (Å²) in [5.74, 6) is 2.74. The molecule has 0 rings (SSSR count). The lowest BCUT2D eigenvalue weighted by Gasteiger charge is -2.23. The largest absolute Gasteiger partial charge is 0.106 e. The fraction of sp³-hybridized carbons (Fsp3) is 1.00. The van der Waals surface area contributed by atoms with Crippen LogP contribution in [-0.4, -0.2) is 18.5 Å². The smallest absolute Gasteiger partial charge is 0.0303 e. The Kier molecular flexibility index (Phi) is 17.2. The molecule has 0 aliphatic heterocycles. The Morgan fingerprint density at radius 3 is 1.50 bits per heavy atom. The minimum absolute atomic E-state index is 0.296. The second kappa shape index (κ2) is 16.9. The van der Waals surface area contributed by atoms with Crippen LogP contribution >= 0.6 is 7.92 Å². The van der Waals surface area contributed by atoms with E-state index < -0.39 is 0 Å². The monoisotopic (exact) mass is 356 g/mol. The summed E-state index contributed by atoms with van der Waals surface area (Å²) in [7, 11) is 0.296. The van der Waals surface area contributed by atoms with Crippen LogP contribution in [0.2, 0.25) is 0 Å². The molecule has 0 nitrogen and oxygen atoms in total. The van der Waals surface area contributed by atoms with Gasteiger partial charge in [-0.1, -0.05) is 106 Å². The van der Waals surface area contributed by atoms with Crippen molar-refractivity contribution in [3.63, 3.8) is 0 Å². The second-order valence-corrected chi connectivity index (χ2v) is 11.6. The highest BCUT2D eigenvalue weighted by Gasteiger charge is 2.13. The first-order valence-corrected chi connectivity index (χ1v) is 13.1. The van der Waals surface area contributed by atoms with Crippen molar-refractivity contribution in [2.45, 2.75) is 112 Å². The van der Waals surface area contributed by atoms with E-state index in [2.05, 4.69) is 41.5 Å². The molecule has 0 bridgehead atoms. The molecule has 0 aliphatic carbocycles. The van der Waals surface area contributed by atoms with E-state index in [1.54, 1.807) is 0 Å². The van der Waals surface area contributed by atoms with E-state index in [4.69, 9.17) is 0 Å². The Bertz CT molecular complexity index is 236. The molecule has 0 aromatic carbocycles. The number of hydrogen-bond acceptors (Lipinski definition) is 0. The second-order valence-electron chi connectivity index (χ2n) is 9.06. The molecule has 0 saturated carbocycles. The third-order valence-electron chi connectivity index (χ3n) is 4.99. The molecule has 0 aliphatic rings. The Balaban J connectivity index is 3.60. The van der Waals surface area contributed by atoms with Crippen LogP contribution in [0.15, 0.2) is 0 Å². The summed E-state index contributed by atoms with van der Waals surface area (Å²) in [6.45, 7) is 14.4. The van der Waals surface area contributed by atoms with Gasteiger partial charge in [-0.05, 0) is 42.7 Å². The first kappa shape index (κ1) is 24.4. The van der Waals surface area contributed by atoms with E-state index in [0.717, 1.165) is 17.8 Å². The van der Waals surface area contributed by atoms with Crippen molar-refractivity contribution in [1.29, 1.82) is 0 Å². The van der Waals surface area contributed by atoms with Gasteiger partial charge in [-0.3, -0.25) is 0 Å². The molecule has 0 aromatic rings. The third-order valence-corrected chi connectivity index (χ3v) is 8.37. The topological polar surface area (TPSA) is 0 Å². The molecule has 0 radical (unpaired) electrons. The van der Waals surface area contributed by atoms with Gasteiger partial charge in [-0.15, -0.1) is 7.92 Å². The molecule has 0 saturated heterocycles. The maximum Gasteiger partial charge on any atom is -0.0303 e. The van der Waals surface area contributed by atoms with Gasteiger partial charge in [0.05, 0.1) is 0 Å². The third kappa shape index (κ3) is 17.3. The molecule has 24 heavy (non-hydrogen) atoms. The maximum absolute atomic E-state index is 2.50. The van der Waals surface area contributed by atoms with Crippen molar-refractivity contribution in [3.05, 3.63) is 0 Å². The molecule has 0 aromatic heterocycles. The van der Waals surface area contributed by atoms with Crippen molar-refractivity contribution in [3.8, 4) is 0 Å². The zero-order chi connectivity index (χ0) is 18.2. The van der Waals surface area contributed by atoms with Crippen molar-refractivity contribution in [2.24, 2.45) is 17.8 Å². The van der Waals surface area contributed by atoms with E-state index in [-0.39, 0.29) is 0 Å². The zero-order valence-corrected chi connectivity index (χ0v) is 19.0. The van der Waals surface area contributed by atoms with E-state index in [0.29, 0.717) is 7.92 Å². The molecule has 0 spiro atoms. The fourth-order valence-electron chi connectivity index (χ4n) is 3.64. The van der Waals surface area contributed by atoms with E-state index in [1.807, 2.05) is 0 Å². The highest BCUT2D eigenvalue weighted by atomic mass is 31.1. The standard InChI is InChI=1S/C23H49P/c1-7-8-9-10-11-12-13-14-15-16-23(6)17-18-24(19-21(2)3)20-22(4)5/h21-23H,7-20H2,1-6H3. The van der Waals surface area contributed by atoms with Gasteiger partial charge in [0, 0.05) is 0 Å². The summed E-state index contributed by atoms with van der Waals surface area (Å²) in [4.78, 5) is 0. The zero-order valence-electron chi connectivity index (χ0n) is 18.1. The van der Waals surface area contributed by atoms with Crippen LogP contribution in [0.25, 0.3) is 0 Å². The SMILES string of the molecule is CCCCCCCCCCCC(C)CCP(CC(C)C)CC(C)C. The average molecular weight is 357 g/mol. The Labute approximate surface area is 156 Å². The molecule has 1 atom stereocenters. The summed E-state index contributed by atoms with van der Waals surface area (Å²) < 4.78 is 0. The van der Waals surface area contributed by atoms with Crippen LogP contribution in [0.5, 0.6) is 0 Å². The number of unbranched alkanes of at least 4 members (excludes halogenated alkanes) is 8. The van der Waals surface area contributed by atoms with Gasteiger partial charge in [0.15, 0.2) is 0 Å². The lowest BCUT2D eigenvalue weighted by atomic mass is 9.99. The van der Waals surface area contributed by atoms with Crippen LogP contribution in [0.1, 0.15) is 112 Å². The average Bonchev–Trinajstić information content (AvgIpc) is 2.50. The Hall–Kier alpha value is 0.430. The molecule has 0 heterocycles.